The number of nitrogens with zero attached hydrogens (tertiary/aromatic N) is 2. The molecule has 1 saturated heterocycles. The number of aliphatic carboxylic acids is 1. The van der Waals surface area contributed by atoms with E-state index in [9.17, 15) is 9.90 Å². The molecule has 2 aromatic carbocycles. The molecule has 34 heavy (non-hydrogen) atoms. The molecule has 1 atom stereocenters. The van der Waals surface area contributed by atoms with Crippen molar-refractivity contribution >= 4 is 27.7 Å². The van der Waals surface area contributed by atoms with Crippen LogP contribution in [0.1, 0.15) is 23.0 Å². The van der Waals surface area contributed by atoms with Crippen LogP contribution in [0.5, 0.6) is 0 Å². The summed E-state index contributed by atoms with van der Waals surface area (Å²) in [5, 5.41) is 12.7. The van der Waals surface area contributed by atoms with Crippen LogP contribution in [-0.4, -0.2) is 34.1 Å². The van der Waals surface area contributed by atoms with Crippen LogP contribution in [0.3, 0.4) is 0 Å². The van der Waals surface area contributed by atoms with Gasteiger partial charge in [0.25, 0.3) is 0 Å². The molecule has 6 rings (SSSR count). The lowest BCUT2D eigenvalue weighted by molar-refractivity contribution is -0.158. The second-order valence-corrected chi connectivity index (χ2v) is 9.75. The van der Waals surface area contributed by atoms with Gasteiger partial charge in [0.1, 0.15) is 32.8 Å². The summed E-state index contributed by atoms with van der Waals surface area (Å²) in [5.41, 5.74) is 1.04. The molecule has 4 aromatic rings. The van der Waals surface area contributed by atoms with Crippen LogP contribution in [0.2, 0.25) is 0 Å². The van der Waals surface area contributed by atoms with Crippen molar-refractivity contribution in [3.63, 3.8) is 0 Å². The van der Waals surface area contributed by atoms with Gasteiger partial charge in [0.2, 0.25) is 0 Å². The summed E-state index contributed by atoms with van der Waals surface area (Å²) < 4.78 is 30.1. The molecule has 3 heterocycles. The monoisotopic (exact) mass is 475 g/mol. The lowest BCUT2D eigenvalue weighted by atomic mass is 9.74. The van der Waals surface area contributed by atoms with Crippen LogP contribution < -0.4 is 5.32 Å². The van der Waals surface area contributed by atoms with E-state index in [1.165, 1.54) is 23.5 Å². The van der Waals surface area contributed by atoms with E-state index >= 15 is 8.78 Å². The third kappa shape index (κ3) is 3.09. The number of carbonyl (C=O) groups is 1. The summed E-state index contributed by atoms with van der Waals surface area (Å²) in [6.45, 7) is 0.0240. The zero-order valence-corrected chi connectivity index (χ0v) is 18.7. The fraction of sp³-hybridized carbons (Fsp3) is 0.192. The molecule has 1 unspecified atom stereocenters. The van der Waals surface area contributed by atoms with Gasteiger partial charge in [-0.15, -0.1) is 0 Å². The van der Waals surface area contributed by atoms with E-state index in [0.717, 1.165) is 17.3 Å². The number of nitrogens with one attached hydrogen (secondary N) is 1. The molecule has 5 nitrogen and oxygen atoms in total. The zero-order chi connectivity index (χ0) is 23.5. The van der Waals surface area contributed by atoms with E-state index in [2.05, 4.69) is 34.6 Å². The van der Waals surface area contributed by atoms with Crippen LogP contribution >= 0.6 is 11.3 Å². The van der Waals surface area contributed by atoms with E-state index < -0.39 is 23.4 Å². The van der Waals surface area contributed by atoms with Crippen molar-refractivity contribution in [1.82, 2.24) is 15.3 Å². The maximum absolute atomic E-state index is 15.1. The number of alkyl halides is 1. The van der Waals surface area contributed by atoms with Gasteiger partial charge < -0.3 is 10.4 Å². The SMILES string of the molecule is O=C(O)C1(C(F)c2ccc(-c3nc4ccc(C5(c6ccccc6)C=C5)nc4s3)c(F)c2)CNC1. The summed E-state index contributed by atoms with van der Waals surface area (Å²) >= 11 is 1.27. The first-order valence-electron chi connectivity index (χ1n) is 10.8. The van der Waals surface area contributed by atoms with Crippen LogP contribution in [0.4, 0.5) is 8.78 Å². The zero-order valence-electron chi connectivity index (χ0n) is 17.8. The molecule has 2 N–H and O–H groups in total. The molecular formula is C26H19F2N3O2S. The van der Waals surface area contributed by atoms with Crippen molar-refractivity contribution in [2.75, 3.05) is 13.1 Å². The maximum Gasteiger partial charge on any atom is 0.315 e. The van der Waals surface area contributed by atoms with Gasteiger partial charge >= 0.3 is 5.97 Å². The van der Waals surface area contributed by atoms with Crippen molar-refractivity contribution in [3.8, 4) is 10.6 Å². The Balaban J connectivity index is 1.33. The van der Waals surface area contributed by atoms with Crippen molar-refractivity contribution in [1.29, 1.82) is 0 Å². The number of hydrogen-bond donors (Lipinski definition) is 2. The molecule has 1 aliphatic heterocycles. The molecular weight excluding hydrogens is 456 g/mol. The van der Waals surface area contributed by atoms with Crippen LogP contribution in [0.25, 0.3) is 20.9 Å². The van der Waals surface area contributed by atoms with E-state index in [-0.39, 0.29) is 29.6 Å². The number of pyridine rings is 1. The minimum atomic E-state index is -1.81. The van der Waals surface area contributed by atoms with E-state index in [1.54, 1.807) is 0 Å². The Morgan fingerprint density at radius 1 is 1.06 bits per heavy atom. The average Bonchev–Trinajstić information content (AvgIpc) is 3.51. The minimum Gasteiger partial charge on any atom is -0.481 e. The van der Waals surface area contributed by atoms with Crippen molar-refractivity contribution in [2.24, 2.45) is 5.41 Å². The normalized spacial score (nSPS) is 18.4. The number of thiazole rings is 1. The number of hydrogen-bond acceptors (Lipinski definition) is 5. The summed E-state index contributed by atoms with van der Waals surface area (Å²) in [5.74, 6) is -1.87. The molecule has 170 valence electrons. The highest BCUT2D eigenvalue weighted by Gasteiger charge is 2.52. The highest BCUT2D eigenvalue weighted by molar-refractivity contribution is 7.21. The largest absolute Gasteiger partial charge is 0.481 e. The predicted octanol–water partition coefficient (Wildman–Crippen LogP) is 5.04. The van der Waals surface area contributed by atoms with Gasteiger partial charge in [0, 0.05) is 18.7 Å². The number of halogens is 2. The number of aromatic nitrogens is 2. The number of carboxylic acids is 1. The summed E-state index contributed by atoms with van der Waals surface area (Å²) in [7, 11) is 0. The van der Waals surface area contributed by atoms with Gasteiger partial charge in [-0.2, -0.15) is 0 Å². The highest BCUT2D eigenvalue weighted by atomic mass is 32.1. The van der Waals surface area contributed by atoms with Crippen molar-refractivity contribution in [3.05, 3.63) is 95.5 Å². The van der Waals surface area contributed by atoms with Gasteiger partial charge in [-0.25, -0.2) is 18.7 Å². The smallest absolute Gasteiger partial charge is 0.315 e. The summed E-state index contributed by atoms with van der Waals surface area (Å²) in [4.78, 5) is 21.6. The molecule has 2 aromatic heterocycles. The van der Waals surface area contributed by atoms with Crippen molar-refractivity contribution in [2.45, 2.75) is 11.6 Å². The van der Waals surface area contributed by atoms with Gasteiger partial charge in [-0.3, -0.25) is 4.79 Å². The van der Waals surface area contributed by atoms with E-state index in [1.807, 2.05) is 30.3 Å². The molecule has 8 heteroatoms. The Bertz CT molecular complexity index is 1460. The number of allylic oxidation sites excluding steroid dienone is 2. The van der Waals surface area contributed by atoms with E-state index in [4.69, 9.17) is 4.98 Å². The lowest BCUT2D eigenvalue weighted by Crippen LogP contribution is -2.60. The van der Waals surface area contributed by atoms with Gasteiger partial charge in [-0.05, 0) is 35.4 Å². The summed E-state index contributed by atoms with van der Waals surface area (Å²) in [6.07, 6.45) is 2.40. The van der Waals surface area contributed by atoms with Crippen LogP contribution in [-0.2, 0) is 10.2 Å². The third-order valence-corrected chi connectivity index (χ3v) is 7.74. The van der Waals surface area contributed by atoms with E-state index in [0.29, 0.717) is 15.4 Å². The molecule has 0 spiro atoms. The quantitative estimate of drug-likeness (QED) is 0.382. The summed E-state index contributed by atoms with van der Waals surface area (Å²) in [6, 6.07) is 17.9. The minimum absolute atomic E-state index is 0.0104. The topological polar surface area (TPSA) is 75.1 Å². The van der Waals surface area contributed by atoms with Gasteiger partial charge in [-0.1, -0.05) is 59.9 Å². The van der Waals surface area contributed by atoms with Gasteiger partial charge in [0.05, 0.1) is 11.1 Å². The van der Waals surface area contributed by atoms with Crippen LogP contribution in [0.15, 0.2) is 72.8 Å². The third-order valence-electron chi connectivity index (χ3n) is 6.74. The standard InChI is InChI=1S/C26H19F2N3O2S/c27-18-12-15(21(28)26(24(32)33)13-29-14-26)6-7-17(18)22-30-19-8-9-20(31-23(19)34-22)25(10-11-25)16-4-2-1-3-5-16/h1-12,21,29H,13-14H2,(H,32,33). The van der Waals surface area contributed by atoms with Crippen LogP contribution in [0, 0.1) is 11.2 Å². The Hall–Kier alpha value is -3.49. The number of carboxylic acid groups (broad SMARTS) is 1. The Kier molecular flexibility index (Phi) is 4.65. The second-order valence-electron chi connectivity index (χ2n) is 8.77. The Morgan fingerprint density at radius 2 is 1.82 bits per heavy atom. The molecule has 0 amide bonds. The maximum atomic E-state index is 15.1. The molecule has 0 saturated carbocycles. The molecule has 1 fully saturated rings. The van der Waals surface area contributed by atoms with Gasteiger partial charge in [0.15, 0.2) is 0 Å². The average molecular weight is 476 g/mol. The highest BCUT2D eigenvalue weighted by Crippen LogP contribution is 2.45. The Morgan fingerprint density at radius 3 is 2.44 bits per heavy atom. The first-order chi connectivity index (χ1) is 16.4. The first kappa shape index (κ1) is 21.1. The number of benzene rings is 2. The lowest BCUT2D eigenvalue weighted by Gasteiger charge is -2.41. The fourth-order valence-electron chi connectivity index (χ4n) is 4.49. The molecule has 2 aliphatic rings. The predicted molar refractivity (Wildman–Crippen MR) is 126 cm³/mol. The number of fused-ring (bicyclic) bond motifs is 1. The second kappa shape index (κ2) is 7.51. The fourth-order valence-corrected chi connectivity index (χ4v) is 5.45. The van der Waals surface area contributed by atoms with Crippen molar-refractivity contribution < 1.29 is 18.7 Å². The molecule has 1 aliphatic carbocycles. The Labute approximate surface area is 197 Å². The molecule has 0 radical (unpaired) electrons. The number of rotatable bonds is 6. The first-order valence-corrected chi connectivity index (χ1v) is 11.7. The molecule has 0 bridgehead atoms.